The third kappa shape index (κ3) is 4.01. The van der Waals surface area contributed by atoms with Crippen LogP contribution in [0.5, 0.6) is 0 Å². The molecule has 2 rings (SSSR count). The van der Waals surface area contributed by atoms with Crippen molar-refractivity contribution in [3.05, 3.63) is 16.1 Å². The summed E-state index contributed by atoms with van der Waals surface area (Å²) in [5.41, 5.74) is 0.845. The molecule has 0 amide bonds. The van der Waals surface area contributed by atoms with Crippen LogP contribution in [0.2, 0.25) is 0 Å². The van der Waals surface area contributed by atoms with Crippen LogP contribution in [0, 0.1) is 0 Å². The van der Waals surface area contributed by atoms with Crippen molar-refractivity contribution in [2.75, 3.05) is 18.1 Å². The molecule has 1 unspecified atom stereocenters. The Kier molecular flexibility index (Phi) is 4.57. The van der Waals surface area contributed by atoms with Gasteiger partial charge in [0.1, 0.15) is 0 Å². The average Bonchev–Trinajstić information content (AvgIpc) is 2.93. The van der Waals surface area contributed by atoms with E-state index in [1.807, 2.05) is 5.38 Å². The van der Waals surface area contributed by atoms with Gasteiger partial charge in [-0.3, -0.25) is 4.79 Å². The van der Waals surface area contributed by atoms with Gasteiger partial charge < -0.3 is 4.74 Å². The first-order chi connectivity index (χ1) is 9.00. The van der Waals surface area contributed by atoms with Gasteiger partial charge in [0.25, 0.3) is 0 Å². The number of hydrogen-bond donors (Lipinski definition) is 0. The number of carbonyl (C=O) groups excluding carboxylic acids is 1. The maximum absolute atomic E-state index is 11.4. The summed E-state index contributed by atoms with van der Waals surface area (Å²) < 4.78 is 27.7. The van der Waals surface area contributed by atoms with Gasteiger partial charge in [0.05, 0.1) is 35.2 Å². The molecule has 2 heterocycles. The molecule has 0 saturated carbocycles. The van der Waals surface area contributed by atoms with Crippen molar-refractivity contribution in [3.63, 3.8) is 0 Å². The lowest BCUT2D eigenvalue weighted by Gasteiger charge is -2.02. The molecule has 1 aliphatic rings. The van der Waals surface area contributed by atoms with Gasteiger partial charge in [-0.25, -0.2) is 13.4 Å². The van der Waals surface area contributed by atoms with E-state index >= 15 is 0 Å². The Morgan fingerprint density at radius 1 is 1.58 bits per heavy atom. The van der Waals surface area contributed by atoms with Crippen LogP contribution in [-0.4, -0.2) is 37.5 Å². The Morgan fingerprint density at radius 3 is 3.00 bits per heavy atom. The van der Waals surface area contributed by atoms with Crippen molar-refractivity contribution in [3.8, 4) is 0 Å². The lowest BCUT2D eigenvalue weighted by molar-refractivity contribution is -0.143. The SMILES string of the molecule is CCOC(=O)CCc1csc(C2CCS(=O)(=O)C2)n1. The van der Waals surface area contributed by atoms with Crippen molar-refractivity contribution >= 4 is 27.1 Å². The Balaban J connectivity index is 1.91. The minimum Gasteiger partial charge on any atom is -0.466 e. The maximum Gasteiger partial charge on any atom is 0.306 e. The number of esters is 1. The highest BCUT2D eigenvalue weighted by Crippen LogP contribution is 2.31. The predicted molar refractivity (Wildman–Crippen MR) is 73.1 cm³/mol. The molecule has 1 atom stereocenters. The third-order valence-electron chi connectivity index (χ3n) is 3.04. The van der Waals surface area contributed by atoms with Gasteiger partial charge >= 0.3 is 5.97 Å². The normalized spacial score (nSPS) is 21.4. The largest absolute Gasteiger partial charge is 0.466 e. The summed E-state index contributed by atoms with van der Waals surface area (Å²) in [5, 5.41) is 2.78. The smallest absolute Gasteiger partial charge is 0.306 e. The quantitative estimate of drug-likeness (QED) is 0.771. The Hall–Kier alpha value is -0.950. The number of ether oxygens (including phenoxy) is 1. The molecule has 1 aromatic rings. The predicted octanol–water partition coefficient (Wildman–Crippen LogP) is 1.54. The van der Waals surface area contributed by atoms with E-state index in [9.17, 15) is 13.2 Å². The fourth-order valence-corrected chi connectivity index (χ4v) is 4.92. The highest BCUT2D eigenvalue weighted by molar-refractivity contribution is 7.91. The van der Waals surface area contributed by atoms with Gasteiger partial charge in [-0.15, -0.1) is 11.3 Å². The van der Waals surface area contributed by atoms with Gasteiger partial charge in [0, 0.05) is 17.7 Å². The van der Waals surface area contributed by atoms with E-state index in [0.717, 1.165) is 10.7 Å². The lowest BCUT2D eigenvalue weighted by atomic mass is 10.1. The summed E-state index contributed by atoms with van der Waals surface area (Å²) in [6.07, 6.45) is 1.53. The van der Waals surface area contributed by atoms with Gasteiger partial charge in [-0.2, -0.15) is 0 Å². The molecule has 1 aliphatic heterocycles. The standard InChI is InChI=1S/C12H17NO4S2/c1-2-17-11(14)4-3-10-7-18-12(13-10)9-5-6-19(15,16)8-9/h7,9H,2-6,8H2,1H3. The summed E-state index contributed by atoms with van der Waals surface area (Å²) in [5.74, 6) is 0.277. The van der Waals surface area contributed by atoms with E-state index in [1.165, 1.54) is 11.3 Å². The van der Waals surface area contributed by atoms with Crippen LogP contribution in [0.3, 0.4) is 0 Å². The molecule has 7 heteroatoms. The minimum atomic E-state index is -2.87. The number of sulfone groups is 1. The Labute approximate surface area is 116 Å². The zero-order valence-electron chi connectivity index (χ0n) is 10.8. The molecule has 106 valence electrons. The van der Waals surface area contributed by atoms with Crippen molar-refractivity contribution in [1.29, 1.82) is 0 Å². The Bertz CT molecular complexity index is 550. The van der Waals surface area contributed by atoms with E-state index < -0.39 is 9.84 Å². The third-order valence-corrected chi connectivity index (χ3v) is 5.87. The monoisotopic (exact) mass is 303 g/mol. The molecule has 0 spiro atoms. The zero-order valence-corrected chi connectivity index (χ0v) is 12.4. The van der Waals surface area contributed by atoms with Crippen LogP contribution in [0.15, 0.2) is 5.38 Å². The summed E-state index contributed by atoms with van der Waals surface area (Å²) in [6.45, 7) is 2.17. The molecule has 0 aliphatic carbocycles. The number of carbonyl (C=O) groups is 1. The fourth-order valence-electron chi connectivity index (χ4n) is 2.08. The molecule has 5 nitrogen and oxygen atoms in total. The van der Waals surface area contributed by atoms with Gasteiger partial charge in [-0.1, -0.05) is 0 Å². The van der Waals surface area contributed by atoms with E-state index in [4.69, 9.17) is 4.74 Å². The summed E-state index contributed by atoms with van der Waals surface area (Å²) >= 11 is 1.48. The molecule has 0 bridgehead atoms. The second-order valence-corrected chi connectivity index (χ2v) is 7.70. The van der Waals surface area contributed by atoms with Crippen LogP contribution in [0.1, 0.15) is 36.4 Å². The molecule has 1 aromatic heterocycles. The van der Waals surface area contributed by atoms with E-state index in [0.29, 0.717) is 25.9 Å². The highest BCUT2D eigenvalue weighted by Gasteiger charge is 2.30. The number of hydrogen-bond acceptors (Lipinski definition) is 6. The van der Waals surface area contributed by atoms with Crippen molar-refractivity contribution in [1.82, 2.24) is 4.98 Å². The van der Waals surface area contributed by atoms with E-state index in [2.05, 4.69) is 4.98 Å². The van der Waals surface area contributed by atoms with Crippen LogP contribution in [-0.2, 0) is 25.8 Å². The molecule has 0 radical (unpaired) electrons. The summed E-state index contributed by atoms with van der Waals surface area (Å²) in [4.78, 5) is 15.7. The summed E-state index contributed by atoms with van der Waals surface area (Å²) in [6, 6.07) is 0. The first kappa shape index (κ1) is 14.5. The minimum absolute atomic E-state index is 0.0337. The number of aryl methyl sites for hydroxylation is 1. The first-order valence-electron chi connectivity index (χ1n) is 6.30. The lowest BCUT2D eigenvalue weighted by Crippen LogP contribution is -2.06. The average molecular weight is 303 g/mol. The van der Waals surface area contributed by atoms with Gasteiger partial charge in [0.15, 0.2) is 9.84 Å². The maximum atomic E-state index is 11.4. The fraction of sp³-hybridized carbons (Fsp3) is 0.667. The molecular formula is C12H17NO4S2. The van der Waals surface area contributed by atoms with Crippen molar-refractivity contribution < 1.29 is 17.9 Å². The molecular weight excluding hydrogens is 286 g/mol. The van der Waals surface area contributed by atoms with Crippen molar-refractivity contribution in [2.24, 2.45) is 0 Å². The molecule has 1 saturated heterocycles. The molecule has 0 aromatic carbocycles. The first-order valence-corrected chi connectivity index (χ1v) is 9.00. The van der Waals surface area contributed by atoms with Crippen LogP contribution in [0.4, 0.5) is 0 Å². The second kappa shape index (κ2) is 6.00. The molecule has 1 fully saturated rings. The second-order valence-electron chi connectivity index (χ2n) is 4.58. The van der Waals surface area contributed by atoms with Gasteiger partial charge in [0.2, 0.25) is 0 Å². The van der Waals surface area contributed by atoms with E-state index in [-0.39, 0.29) is 23.4 Å². The Morgan fingerprint density at radius 2 is 2.37 bits per heavy atom. The van der Waals surface area contributed by atoms with Crippen LogP contribution < -0.4 is 0 Å². The van der Waals surface area contributed by atoms with E-state index in [1.54, 1.807) is 6.92 Å². The van der Waals surface area contributed by atoms with Crippen LogP contribution >= 0.6 is 11.3 Å². The van der Waals surface area contributed by atoms with Gasteiger partial charge in [-0.05, 0) is 13.3 Å². The highest BCUT2D eigenvalue weighted by atomic mass is 32.2. The topological polar surface area (TPSA) is 73.3 Å². The number of nitrogens with zero attached hydrogens (tertiary/aromatic N) is 1. The number of aromatic nitrogens is 1. The zero-order chi connectivity index (χ0) is 13.9. The molecule has 19 heavy (non-hydrogen) atoms. The van der Waals surface area contributed by atoms with Crippen molar-refractivity contribution in [2.45, 2.75) is 32.1 Å². The number of rotatable bonds is 5. The van der Waals surface area contributed by atoms with Crippen LogP contribution in [0.25, 0.3) is 0 Å². The number of thiazole rings is 1. The molecule has 0 N–H and O–H groups in total. The summed E-state index contributed by atoms with van der Waals surface area (Å²) in [7, 11) is -2.87.